The third-order valence-corrected chi connectivity index (χ3v) is 4.46. The standard InChI is InChI=1S/C9H13N3O3S/c1-12-5-8(10-11-12)4-9(13)7-2-3-16(14,15)6-7/h5,7H,2-4,6H2,1H3. The van der Waals surface area contributed by atoms with E-state index in [4.69, 9.17) is 0 Å². The van der Waals surface area contributed by atoms with Gasteiger partial charge in [-0.05, 0) is 6.42 Å². The molecular formula is C9H13N3O3S. The number of aromatic nitrogens is 3. The van der Waals surface area contributed by atoms with Crippen LogP contribution >= 0.6 is 0 Å². The molecule has 1 aromatic heterocycles. The van der Waals surface area contributed by atoms with Gasteiger partial charge in [0.15, 0.2) is 9.84 Å². The van der Waals surface area contributed by atoms with E-state index in [0.717, 1.165) is 0 Å². The molecule has 1 saturated heterocycles. The lowest BCUT2D eigenvalue weighted by molar-refractivity contribution is -0.121. The van der Waals surface area contributed by atoms with Gasteiger partial charge in [-0.25, -0.2) is 8.42 Å². The highest BCUT2D eigenvalue weighted by Gasteiger charge is 2.32. The molecule has 1 aromatic rings. The largest absolute Gasteiger partial charge is 0.299 e. The van der Waals surface area contributed by atoms with Crippen LogP contribution in [0, 0.1) is 5.92 Å². The van der Waals surface area contributed by atoms with Crippen LogP contribution in [-0.2, 0) is 28.1 Å². The highest BCUT2D eigenvalue weighted by atomic mass is 32.2. The van der Waals surface area contributed by atoms with Crippen molar-refractivity contribution in [1.82, 2.24) is 15.0 Å². The molecule has 0 amide bonds. The number of hydrogen-bond acceptors (Lipinski definition) is 5. The quantitative estimate of drug-likeness (QED) is 0.705. The van der Waals surface area contributed by atoms with Gasteiger partial charge in [-0.3, -0.25) is 9.48 Å². The minimum absolute atomic E-state index is 0.00784. The summed E-state index contributed by atoms with van der Waals surface area (Å²) < 4.78 is 24.0. The second-order valence-corrected chi connectivity index (χ2v) is 6.36. The summed E-state index contributed by atoms with van der Waals surface area (Å²) in [6.07, 6.45) is 2.29. The highest BCUT2D eigenvalue weighted by molar-refractivity contribution is 7.91. The van der Waals surface area contributed by atoms with Gasteiger partial charge in [0, 0.05) is 19.2 Å². The van der Waals surface area contributed by atoms with Gasteiger partial charge < -0.3 is 0 Å². The van der Waals surface area contributed by atoms with Crippen LogP contribution in [0.4, 0.5) is 0 Å². The SMILES string of the molecule is Cn1cc(CC(=O)C2CCS(=O)(=O)C2)nn1. The van der Waals surface area contributed by atoms with E-state index in [1.807, 2.05) is 0 Å². The Labute approximate surface area is 93.6 Å². The molecule has 2 rings (SSSR count). The van der Waals surface area contributed by atoms with Crippen LogP contribution < -0.4 is 0 Å². The average Bonchev–Trinajstić information content (AvgIpc) is 2.72. The molecule has 88 valence electrons. The number of rotatable bonds is 3. The molecule has 16 heavy (non-hydrogen) atoms. The minimum atomic E-state index is -2.99. The Morgan fingerprint density at radius 3 is 2.88 bits per heavy atom. The molecule has 7 heteroatoms. The zero-order valence-corrected chi connectivity index (χ0v) is 9.77. The van der Waals surface area contributed by atoms with Crippen molar-refractivity contribution in [3.05, 3.63) is 11.9 Å². The Kier molecular flexibility index (Phi) is 2.79. The van der Waals surface area contributed by atoms with Crippen LogP contribution in [0.5, 0.6) is 0 Å². The summed E-state index contributed by atoms with van der Waals surface area (Å²) in [5.74, 6) is -0.288. The third-order valence-electron chi connectivity index (χ3n) is 2.69. The zero-order chi connectivity index (χ0) is 11.8. The zero-order valence-electron chi connectivity index (χ0n) is 8.96. The molecule has 1 atom stereocenters. The van der Waals surface area contributed by atoms with E-state index < -0.39 is 9.84 Å². The summed E-state index contributed by atoms with van der Waals surface area (Å²) >= 11 is 0. The van der Waals surface area contributed by atoms with Crippen molar-refractivity contribution in [2.45, 2.75) is 12.8 Å². The van der Waals surface area contributed by atoms with Crippen LogP contribution in [0.3, 0.4) is 0 Å². The summed E-state index contributed by atoms with van der Waals surface area (Å²) in [5.41, 5.74) is 0.594. The molecule has 1 aliphatic heterocycles. The predicted octanol–water partition coefficient (Wildman–Crippen LogP) is -0.639. The van der Waals surface area contributed by atoms with Crippen molar-refractivity contribution in [2.75, 3.05) is 11.5 Å². The van der Waals surface area contributed by atoms with Crippen LogP contribution in [0.2, 0.25) is 0 Å². The number of hydrogen-bond donors (Lipinski definition) is 0. The first-order valence-corrected chi connectivity index (χ1v) is 6.87. The number of aryl methyl sites for hydroxylation is 1. The molecule has 2 heterocycles. The first kappa shape index (κ1) is 11.3. The summed E-state index contributed by atoms with van der Waals surface area (Å²) in [4.78, 5) is 11.8. The van der Waals surface area contributed by atoms with Crippen molar-refractivity contribution in [2.24, 2.45) is 13.0 Å². The van der Waals surface area contributed by atoms with Gasteiger partial charge in [0.25, 0.3) is 0 Å². The number of carbonyl (C=O) groups is 1. The lowest BCUT2D eigenvalue weighted by atomic mass is 10.0. The molecule has 0 spiro atoms. The van der Waals surface area contributed by atoms with Gasteiger partial charge in [-0.15, -0.1) is 5.10 Å². The molecule has 0 bridgehead atoms. The Balaban J connectivity index is 1.99. The number of ketones is 1. The summed E-state index contributed by atoms with van der Waals surface area (Å²) in [7, 11) is -1.27. The molecule has 1 unspecified atom stereocenters. The number of sulfone groups is 1. The molecule has 0 saturated carbocycles. The van der Waals surface area contributed by atoms with Gasteiger partial charge in [0.1, 0.15) is 5.78 Å². The molecule has 0 radical (unpaired) electrons. The van der Waals surface area contributed by atoms with Gasteiger partial charge in [0.05, 0.1) is 23.6 Å². The number of carbonyl (C=O) groups excluding carboxylic acids is 1. The first-order valence-electron chi connectivity index (χ1n) is 5.04. The van der Waals surface area contributed by atoms with Crippen molar-refractivity contribution in [3.63, 3.8) is 0 Å². The molecule has 0 aliphatic carbocycles. The predicted molar refractivity (Wildman–Crippen MR) is 56.5 cm³/mol. The van der Waals surface area contributed by atoms with E-state index >= 15 is 0 Å². The summed E-state index contributed by atoms with van der Waals surface area (Å²) in [6.45, 7) is 0. The smallest absolute Gasteiger partial charge is 0.151 e. The Hall–Kier alpha value is -1.24. The lowest BCUT2D eigenvalue weighted by Gasteiger charge is -2.03. The second kappa shape index (κ2) is 3.97. The van der Waals surface area contributed by atoms with Crippen molar-refractivity contribution < 1.29 is 13.2 Å². The average molecular weight is 243 g/mol. The summed E-state index contributed by atoms with van der Waals surface area (Å²) in [5, 5.41) is 7.53. The van der Waals surface area contributed by atoms with Crippen LogP contribution in [0.25, 0.3) is 0 Å². The van der Waals surface area contributed by atoms with Gasteiger partial charge in [0.2, 0.25) is 0 Å². The van der Waals surface area contributed by atoms with Gasteiger partial charge in [-0.1, -0.05) is 5.21 Å². The normalized spacial score (nSPS) is 23.4. The fourth-order valence-corrected chi connectivity index (χ4v) is 3.62. The van der Waals surface area contributed by atoms with E-state index in [0.29, 0.717) is 12.1 Å². The van der Waals surface area contributed by atoms with Crippen LogP contribution in [0.1, 0.15) is 12.1 Å². The molecule has 0 aromatic carbocycles. The number of nitrogens with zero attached hydrogens (tertiary/aromatic N) is 3. The Morgan fingerprint density at radius 1 is 1.62 bits per heavy atom. The molecular weight excluding hydrogens is 230 g/mol. The first-order chi connectivity index (χ1) is 7.46. The van der Waals surface area contributed by atoms with E-state index in [2.05, 4.69) is 10.3 Å². The maximum atomic E-state index is 11.8. The lowest BCUT2D eigenvalue weighted by Crippen LogP contribution is -2.18. The molecule has 1 aliphatic rings. The van der Waals surface area contributed by atoms with Crippen molar-refractivity contribution in [1.29, 1.82) is 0 Å². The van der Waals surface area contributed by atoms with E-state index in [1.165, 1.54) is 4.68 Å². The fraction of sp³-hybridized carbons (Fsp3) is 0.667. The van der Waals surface area contributed by atoms with E-state index in [1.54, 1.807) is 13.2 Å². The van der Waals surface area contributed by atoms with Crippen LogP contribution in [0.15, 0.2) is 6.20 Å². The van der Waals surface area contributed by atoms with Crippen molar-refractivity contribution >= 4 is 15.6 Å². The highest BCUT2D eigenvalue weighted by Crippen LogP contribution is 2.20. The Bertz CT molecular complexity index is 506. The molecule has 1 fully saturated rings. The fourth-order valence-electron chi connectivity index (χ4n) is 1.85. The third kappa shape index (κ3) is 2.46. The number of Topliss-reactive ketones (excluding diaryl/α,β-unsaturated/α-hetero) is 1. The maximum Gasteiger partial charge on any atom is 0.151 e. The van der Waals surface area contributed by atoms with Gasteiger partial charge in [-0.2, -0.15) is 0 Å². The van der Waals surface area contributed by atoms with E-state index in [9.17, 15) is 13.2 Å². The second-order valence-electron chi connectivity index (χ2n) is 4.13. The summed E-state index contributed by atoms with van der Waals surface area (Å²) in [6, 6.07) is 0. The molecule has 0 N–H and O–H groups in total. The molecule has 6 nitrogen and oxygen atoms in total. The van der Waals surface area contributed by atoms with E-state index in [-0.39, 0.29) is 29.6 Å². The topological polar surface area (TPSA) is 81.9 Å². The Morgan fingerprint density at radius 2 is 2.38 bits per heavy atom. The maximum absolute atomic E-state index is 11.8. The van der Waals surface area contributed by atoms with Crippen LogP contribution in [-0.4, -0.2) is 40.7 Å². The van der Waals surface area contributed by atoms with Gasteiger partial charge >= 0.3 is 0 Å². The minimum Gasteiger partial charge on any atom is -0.299 e. The van der Waals surface area contributed by atoms with Crippen molar-refractivity contribution in [3.8, 4) is 0 Å². The monoisotopic (exact) mass is 243 g/mol.